The minimum Gasteiger partial charge on any atom is -0.406 e. The summed E-state index contributed by atoms with van der Waals surface area (Å²) in [5.74, 6) is -0.397. The van der Waals surface area contributed by atoms with Gasteiger partial charge < -0.3 is 15.4 Å². The number of carbonyl (C=O) groups is 1. The zero-order valence-corrected chi connectivity index (χ0v) is 14.5. The molecule has 3 aromatic rings. The van der Waals surface area contributed by atoms with Crippen LogP contribution in [0.15, 0.2) is 72.9 Å². The predicted molar refractivity (Wildman–Crippen MR) is 99.1 cm³/mol. The molecule has 28 heavy (non-hydrogen) atoms. The molecule has 2 aromatic carbocycles. The van der Waals surface area contributed by atoms with Crippen LogP contribution in [0.3, 0.4) is 0 Å². The van der Waals surface area contributed by atoms with Crippen molar-refractivity contribution >= 4 is 17.4 Å². The molecule has 0 spiro atoms. The Morgan fingerprint density at radius 2 is 1.68 bits per heavy atom. The van der Waals surface area contributed by atoms with Gasteiger partial charge in [-0.1, -0.05) is 30.3 Å². The normalized spacial score (nSPS) is 11.0. The summed E-state index contributed by atoms with van der Waals surface area (Å²) >= 11 is 0. The number of hydrogen-bond donors (Lipinski definition) is 2. The van der Waals surface area contributed by atoms with E-state index < -0.39 is 12.3 Å². The highest BCUT2D eigenvalue weighted by atomic mass is 19.4. The molecule has 0 radical (unpaired) electrons. The van der Waals surface area contributed by atoms with E-state index in [-0.39, 0.29) is 5.75 Å². The molecular weight excluding hydrogens is 371 g/mol. The molecule has 144 valence electrons. The lowest BCUT2D eigenvalue weighted by Gasteiger charge is -2.12. The van der Waals surface area contributed by atoms with Gasteiger partial charge in [0.25, 0.3) is 5.91 Å². The van der Waals surface area contributed by atoms with Crippen LogP contribution in [-0.4, -0.2) is 17.3 Å². The molecule has 1 heterocycles. The number of anilines is 2. The van der Waals surface area contributed by atoms with Gasteiger partial charge in [-0.2, -0.15) is 0 Å². The van der Waals surface area contributed by atoms with Crippen LogP contribution in [0.5, 0.6) is 5.75 Å². The number of halogens is 3. The zero-order chi connectivity index (χ0) is 20.0. The Kier molecular flexibility index (Phi) is 5.78. The van der Waals surface area contributed by atoms with Crippen LogP contribution in [0, 0.1) is 0 Å². The van der Waals surface area contributed by atoms with Gasteiger partial charge in [-0.25, -0.2) is 4.98 Å². The van der Waals surface area contributed by atoms with Crippen LogP contribution >= 0.6 is 0 Å². The lowest BCUT2D eigenvalue weighted by molar-refractivity contribution is -0.274. The van der Waals surface area contributed by atoms with Gasteiger partial charge in [-0.3, -0.25) is 4.79 Å². The van der Waals surface area contributed by atoms with Gasteiger partial charge in [0.2, 0.25) is 0 Å². The molecule has 1 aromatic heterocycles. The molecule has 0 unspecified atom stereocenters. The average Bonchev–Trinajstić information content (AvgIpc) is 2.68. The fourth-order valence-electron chi connectivity index (χ4n) is 2.45. The van der Waals surface area contributed by atoms with Crippen molar-refractivity contribution in [2.24, 2.45) is 0 Å². The van der Waals surface area contributed by atoms with Crippen LogP contribution in [0.2, 0.25) is 0 Å². The lowest BCUT2D eigenvalue weighted by Crippen LogP contribution is -2.17. The van der Waals surface area contributed by atoms with Crippen molar-refractivity contribution in [2.45, 2.75) is 12.9 Å². The molecule has 1 amide bonds. The summed E-state index contributed by atoms with van der Waals surface area (Å²) < 4.78 is 40.4. The minimum atomic E-state index is -4.76. The van der Waals surface area contributed by atoms with Gasteiger partial charge in [0, 0.05) is 18.4 Å². The first-order valence-electron chi connectivity index (χ1n) is 8.31. The molecule has 0 aliphatic carbocycles. The number of ether oxygens (including phenoxy) is 1. The van der Waals surface area contributed by atoms with Crippen LogP contribution in [0.4, 0.5) is 24.7 Å². The molecule has 3 rings (SSSR count). The maximum Gasteiger partial charge on any atom is 0.573 e. The number of aromatic nitrogens is 1. The number of alkyl halides is 3. The lowest BCUT2D eigenvalue weighted by atomic mass is 10.2. The summed E-state index contributed by atoms with van der Waals surface area (Å²) in [4.78, 5) is 16.8. The fourth-order valence-corrected chi connectivity index (χ4v) is 2.45. The number of nitrogens with one attached hydrogen (secondary N) is 2. The number of amides is 1. The van der Waals surface area contributed by atoms with Crippen molar-refractivity contribution in [3.63, 3.8) is 0 Å². The largest absolute Gasteiger partial charge is 0.573 e. The molecule has 0 aliphatic rings. The molecule has 0 atom stereocenters. The van der Waals surface area contributed by atoms with E-state index in [0.717, 1.165) is 17.7 Å². The van der Waals surface area contributed by atoms with Crippen molar-refractivity contribution in [2.75, 3.05) is 10.6 Å². The van der Waals surface area contributed by atoms with Crippen LogP contribution in [0.1, 0.15) is 15.9 Å². The Labute approximate surface area is 159 Å². The predicted octanol–water partition coefficient (Wildman–Crippen LogP) is 4.84. The van der Waals surface area contributed by atoms with Gasteiger partial charge >= 0.3 is 6.36 Å². The third-order valence-electron chi connectivity index (χ3n) is 3.70. The highest BCUT2D eigenvalue weighted by molar-refractivity contribution is 6.07. The summed E-state index contributed by atoms with van der Waals surface area (Å²) in [6.45, 7) is 0.488. The monoisotopic (exact) mass is 387 g/mol. The Balaban J connectivity index is 1.67. The van der Waals surface area contributed by atoms with E-state index in [1.165, 1.54) is 12.1 Å². The highest BCUT2D eigenvalue weighted by Crippen LogP contribution is 2.24. The second-order valence-electron chi connectivity index (χ2n) is 5.77. The summed E-state index contributed by atoms with van der Waals surface area (Å²) in [7, 11) is 0. The van der Waals surface area contributed by atoms with E-state index in [4.69, 9.17) is 0 Å². The second kappa shape index (κ2) is 8.43. The Morgan fingerprint density at radius 1 is 0.964 bits per heavy atom. The van der Waals surface area contributed by atoms with E-state index in [1.807, 2.05) is 30.3 Å². The van der Waals surface area contributed by atoms with Gasteiger partial charge in [0.1, 0.15) is 11.6 Å². The van der Waals surface area contributed by atoms with Crippen molar-refractivity contribution in [1.29, 1.82) is 0 Å². The molecule has 2 N–H and O–H groups in total. The molecule has 5 nitrogen and oxygen atoms in total. The summed E-state index contributed by atoms with van der Waals surface area (Å²) in [6, 6.07) is 17.8. The summed E-state index contributed by atoms with van der Waals surface area (Å²) in [5.41, 5.74) is 1.67. The van der Waals surface area contributed by atoms with Crippen molar-refractivity contribution in [1.82, 2.24) is 4.98 Å². The van der Waals surface area contributed by atoms with Crippen LogP contribution in [-0.2, 0) is 6.54 Å². The summed E-state index contributed by atoms with van der Waals surface area (Å²) in [6.07, 6.45) is -3.20. The van der Waals surface area contributed by atoms with Crippen molar-refractivity contribution < 1.29 is 22.7 Å². The Bertz CT molecular complexity index is 929. The number of nitrogens with zero attached hydrogens (tertiary/aromatic N) is 1. The summed E-state index contributed by atoms with van der Waals surface area (Å²) in [5, 5.41) is 5.75. The van der Waals surface area contributed by atoms with Crippen LogP contribution < -0.4 is 15.4 Å². The molecule has 0 saturated carbocycles. The number of pyridine rings is 1. The van der Waals surface area contributed by atoms with E-state index in [9.17, 15) is 18.0 Å². The second-order valence-corrected chi connectivity index (χ2v) is 5.77. The SMILES string of the molecule is O=C(Nc1ccc(OC(F)(F)F)cc1)c1cccnc1NCc1ccccc1. The van der Waals surface area contributed by atoms with E-state index >= 15 is 0 Å². The molecule has 0 fully saturated rings. The quantitative estimate of drug-likeness (QED) is 0.635. The Hall–Kier alpha value is -3.55. The van der Waals surface area contributed by atoms with Gasteiger partial charge in [0.15, 0.2) is 0 Å². The third-order valence-corrected chi connectivity index (χ3v) is 3.70. The number of benzene rings is 2. The molecular formula is C20H16F3N3O2. The first kappa shape index (κ1) is 19.2. The van der Waals surface area contributed by atoms with E-state index in [1.54, 1.807) is 18.3 Å². The van der Waals surface area contributed by atoms with Gasteiger partial charge in [-0.15, -0.1) is 13.2 Å². The van der Waals surface area contributed by atoms with Crippen LogP contribution in [0.25, 0.3) is 0 Å². The standard InChI is InChI=1S/C20H16F3N3O2/c21-20(22,23)28-16-10-8-15(9-11-16)26-19(27)17-7-4-12-24-18(17)25-13-14-5-2-1-3-6-14/h1-12H,13H2,(H,24,25)(H,26,27). The maximum absolute atomic E-state index is 12.6. The molecule has 0 saturated heterocycles. The smallest absolute Gasteiger partial charge is 0.406 e. The third kappa shape index (κ3) is 5.47. The molecule has 8 heteroatoms. The first-order chi connectivity index (χ1) is 13.4. The first-order valence-corrected chi connectivity index (χ1v) is 8.31. The maximum atomic E-state index is 12.6. The number of rotatable bonds is 6. The average molecular weight is 387 g/mol. The zero-order valence-electron chi connectivity index (χ0n) is 14.5. The minimum absolute atomic E-state index is 0.314. The van der Waals surface area contributed by atoms with E-state index in [2.05, 4.69) is 20.4 Å². The fraction of sp³-hybridized carbons (Fsp3) is 0.100. The Morgan fingerprint density at radius 3 is 2.36 bits per heavy atom. The van der Waals surface area contributed by atoms with Crippen molar-refractivity contribution in [3.8, 4) is 5.75 Å². The number of carbonyl (C=O) groups excluding carboxylic acids is 1. The van der Waals surface area contributed by atoms with Gasteiger partial charge in [-0.05, 0) is 42.0 Å². The van der Waals surface area contributed by atoms with Gasteiger partial charge in [0.05, 0.1) is 5.56 Å². The van der Waals surface area contributed by atoms with Crippen molar-refractivity contribution in [3.05, 3.63) is 84.1 Å². The molecule has 0 bridgehead atoms. The van der Waals surface area contributed by atoms with E-state index in [0.29, 0.717) is 23.6 Å². The molecule has 0 aliphatic heterocycles. The highest BCUT2D eigenvalue weighted by Gasteiger charge is 2.31. The topological polar surface area (TPSA) is 63.2 Å². The number of hydrogen-bond acceptors (Lipinski definition) is 4.